The molecular weight excluding hydrogens is 399 g/mol. The fourth-order valence-electron chi connectivity index (χ4n) is 3.71. The van der Waals surface area contributed by atoms with Gasteiger partial charge in [0.2, 0.25) is 0 Å². The third kappa shape index (κ3) is 4.17. The van der Waals surface area contributed by atoms with Gasteiger partial charge in [0.15, 0.2) is 0 Å². The summed E-state index contributed by atoms with van der Waals surface area (Å²) in [6, 6.07) is 10.2. The van der Waals surface area contributed by atoms with Crippen LogP contribution in [-0.2, 0) is 0 Å². The summed E-state index contributed by atoms with van der Waals surface area (Å²) in [6.07, 6.45) is 3.24. The molecule has 1 aromatic carbocycles. The monoisotopic (exact) mass is 424 g/mol. The number of fused-ring (bicyclic) bond motifs is 2. The van der Waals surface area contributed by atoms with Gasteiger partial charge in [-0.3, -0.25) is 4.90 Å². The number of halogens is 1. The molecule has 4 heterocycles. The summed E-state index contributed by atoms with van der Waals surface area (Å²) in [5.74, 6) is -0.382. The second kappa shape index (κ2) is 8.87. The normalized spacial score (nSPS) is 14.6. The first-order valence-corrected chi connectivity index (χ1v) is 10.4. The van der Waals surface area contributed by atoms with Crippen molar-refractivity contribution >= 4 is 22.3 Å². The highest BCUT2D eigenvalue weighted by molar-refractivity contribution is 5.84. The maximum absolute atomic E-state index is 13.4. The lowest BCUT2D eigenvalue weighted by Gasteiger charge is -2.35. The molecule has 0 spiro atoms. The smallest absolute Gasteiger partial charge is 0.345 e. The molecule has 162 valence electrons. The van der Waals surface area contributed by atoms with E-state index in [1.807, 2.05) is 36.9 Å². The minimum absolute atomic E-state index is 0.0684. The number of anilines is 1. The van der Waals surface area contributed by atoms with Gasteiger partial charge in [-0.25, -0.2) is 14.2 Å². The first kappa shape index (κ1) is 21.0. The zero-order valence-corrected chi connectivity index (χ0v) is 17.6. The predicted octanol–water partition coefficient (Wildman–Crippen LogP) is 3.34. The Hall–Kier alpha value is -3.23. The number of aliphatic hydroxyl groups excluding tert-OH is 1. The number of nitrogens with zero attached hydrogens (tertiary/aromatic N) is 4. The van der Waals surface area contributed by atoms with Gasteiger partial charge in [0, 0.05) is 61.8 Å². The Morgan fingerprint density at radius 1 is 1.10 bits per heavy atom. The van der Waals surface area contributed by atoms with Crippen molar-refractivity contribution in [1.82, 2.24) is 14.3 Å². The molecule has 0 radical (unpaired) electrons. The molecule has 3 aromatic heterocycles. The van der Waals surface area contributed by atoms with Crippen molar-refractivity contribution in [2.75, 3.05) is 37.8 Å². The van der Waals surface area contributed by atoms with Crippen LogP contribution < -0.4 is 10.5 Å². The second-order valence-corrected chi connectivity index (χ2v) is 7.15. The molecule has 0 unspecified atom stereocenters. The number of pyridine rings is 1. The van der Waals surface area contributed by atoms with Crippen molar-refractivity contribution in [3.05, 3.63) is 65.0 Å². The van der Waals surface area contributed by atoms with Crippen LogP contribution >= 0.6 is 0 Å². The van der Waals surface area contributed by atoms with Gasteiger partial charge in [0.25, 0.3) is 0 Å². The Labute approximate surface area is 179 Å². The van der Waals surface area contributed by atoms with Gasteiger partial charge in [-0.05, 0) is 24.3 Å². The van der Waals surface area contributed by atoms with E-state index < -0.39 is 5.63 Å². The SMILES string of the molecule is CC.O=c1oc2cc(N3CCN(CO)CC3)ccc2cc1-c1cn2ccc(F)cc2n1. The van der Waals surface area contributed by atoms with Crippen LogP contribution in [0, 0.1) is 5.82 Å². The van der Waals surface area contributed by atoms with E-state index in [1.54, 1.807) is 22.9 Å². The molecule has 5 rings (SSSR count). The van der Waals surface area contributed by atoms with E-state index in [1.165, 1.54) is 12.1 Å². The Morgan fingerprint density at radius 2 is 1.87 bits per heavy atom. The van der Waals surface area contributed by atoms with E-state index in [2.05, 4.69) is 9.88 Å². The minimum atomic E-state index is -0.483. The second-order valence-electron chi connectivity index (χ2n) is 7.15. The number of hydrogen-bond acceptors (Lipinski definition) is 6. The molecule has 1 N–H and O–H groups in total. The first-order valence-electron chi connectivity index (χ1n) is 10.4. The Balaban J connectivity index is 0.00000112. The van der Waals surface area contributed by atoms with E-state index >= 15 is 0 Å². The summed E-state index contributed by atoms with van der Waals surface area (Å²) in [5.41, 5.74) is 2.21. The summed E-state index contributed by atoms with van der Waals surface area (Å²) in [4.78, 5) is 21.1. The van der Waals surface area contributed by atoms with Crippen molar-refractivity contribution in [3.63, 3.8) is 0 Å². The standard InChI is InChI=1S/C21H19FN4O3.C2H6/c22-15-3-4-26-12-18(23-20(26)10-15)17-9-14-1-2-16(11-19(14)29-21(17)28)25-7-5-24(13-27)6-8-25;1-2/h1-4,9-12,27H,5-8,13H2;1-2H3. The number of aromatic nitrogens is 2. The van der Waals surface area contributed by atoms with Crippen molar-refractivity contribution in [2.45, 2.75) is 13.8 Å². The van der Waals surface area contributed by atoms with E-state index in [9.17, 15) is 14.3 Å². The van der Waals surface area contributed by atoms with Crippen LogP contribution in [0.2, 0.25) is 0 Å². The molecule has 0 aliphatic carbocycles. The third-order valence-electron chi connectivity index (χ3n) is 5.36. The average molecular weight is 424 g/mol. The maximum Gasteiger partial charge on any atom is 0.345 e. The van der Waals surface area contributed by atoms with E-state index in [0.29, 0.717) is 22.5 Å². The van der Waals surface area contributed by atoms with Crippen LogP contribution in [0.5, 0.6) is 0 Å². The lowest BCUT2D eigenvalue weighted by Crippen LogP contribution is -2.46. The first-order chi connectivity index (χ1) is 15.1. The van der Waals surface area contributed by atoms with Crippen LogP contribution in [0.25, 0.3) is 27.9 Å². The summed E-state index contributed by atoms with van der Waals surface area (Å²) in [7, 11) is 0. The Bertz CT molecular complexity index is 1260. The highest BCUT2D eigenvalue weighted by Crippen LogP contribution is 2.26. The highest BCUT2D eigenvalue weighted by atomic mass is 19.1. The Morgan fingerprint density at radius 3 is 2.61 bits per heavy atom. The van der Waals surface area contributed by atoms with E-state index in [4.69, 9.17) is 4.42 Å². The maximum atomic E-state index is 13.4. The molecule has 0 amide bonds. The molecule has 31 heavy (non-hydrogen) atoms. The summed E-state index contributed by atoms with van der Waals surface area (Å²) in [5, 5.41) is 10.0. The van der Waals surface area contributed by atoms with Crippen LogP contribution in [-0.4, -0.2) is 52.3 Å². The highest BCUT2D eigenvalue weighted by Gasteiger charge is 2.18. The molecule has 1 aliphatic heterocycles. The van der Waals surface area contributed by atoms with Crippen LogP contribution in [0.3, 0.4) is 0 Å². The number of imidazole rings is 1. The van der Waals surface area contributed by atoms with E-state index in [0.717, 1.165) is 37.3 Å². The molecule has 1 saturated heterocycles. The van der Waals surface area contributed by atoms with Crippen molar-refractivity contribution in [3.8, 4) is 11.3 Å². The number of benzene rings is 1. The topological polar surface area (TPSA) is 74.2 Å². The molecule has 0 atom stereocenters. The molecule has 4 aromatic rings. The van der Waals surface area contributed by atoms with Crippen LogP contribution in [0.15, 0.2) is 58.0 Å². The molecule has 1 fully saturated rings. The van der Waals surface area contributed by atoms with Gasteiger partial charge in [-0.2, -0.15) is 0 Å². The number of aliphatic hydroxyl groups is 1. The molecular formula is C23H25FN4O3. The van der Waals surface area contributed by atoms with Gasteiger partial charge in [0.05, 0.1) is 18.0 Å². The van der Waals surface area contributed by atoms with E-state index in [-0.39, 0.29) is 12.5 Å². The number of rotatable bonds is 3. The largest absolute Gasteiger partial charge is 0.422 e. The summed E-state index contributed by atoms with van der Waals surface area (Å²) in [6.45, 7) is 7.23. The minimum Gasteiger partial charge on any atom is -0.422 e. The van der Waals surface area contributed by atoms with Crippen LogP contribution in [0.1, 0.15) is 13.8 Å². The zero-order valence-electron chi connectivity index (χ0n) is 17.6. The fraction of sp³-hybridized carbons (Fsp3) is 0.304. The fourth-order valence-corrected chi connectivity index (χ4v) is 3.71. The molecule has 7 nitrogen and oxygen atoms in total. The van der Waals surface area contributed by atoms with Crippen molar-refractivity contribution < 1.29 is 13.9 Å². The molecule has 0 bridgehead atoms. The van der Waals surface area contributed by atoms with Gasteiger partial charge >= 0.3 is 5.63 Å². The molecule has 8 heteroatoms. The van der Waals surface area contributed by atoms with Gasteiger partial charge in [-0.15, -0.1) is 0 Å². The average Bonchev–Trinajstić information content (AvgIpc) is 3.22. The number of hydrogen-bond donors (Lipinski definition) is 1. The predicted molar refractivity (Wildman–Crippen MR) is 119 cm³/mol. The lowest BCUT2D eigenvalue weighted by molar-refractivity contribution is 0.102. The molecule has 1 aliphatic rings. The number of piperazine rings is 1. The summed E-state index contributed by atoms with van der Waals surface area (Å²) < 4.78 is 20.7. The molecule has 0 saturated carbocycles. The van der Waals surface area contributed by atoms with Crippen molar-refractivity contribution in [1.29, 1.82) is 0 Å². The lowest BCUT2D eigenvalue weighted by atomic mass is 10.1. The Kier molecular flexibility index (Phi) is 6.01. The third-order valence-corrected chi connectivity index (χ3v) is 5.36. The van der Waals surface area contributed by atoms with Gasteiger partial charge < -0.3 is 18.8 Å². The van der Waals surface area contributed by atoms with Gasteiger partial charge in [0.1, 0.15) is 17.0 Å². The van der Waals surface area contributed by atoms with Crippen molar-refractivity contribution in [2.24, 2.45) is 0 Å². The van der Waals surface area contributed by atoms with Gasteiger partial charge in [-0.1, -0.05) is 13.8 Å². The zero-order chi connectivity index (χ0) is 22.0. The van der Waals surface area contributed by atoms with Crippen LogP contribution in [0.4, 0.5) is 10.1 Å². The summed E-state index contributed by atoms with van der Waals surface area (Å²) >= 11 is 0. The quantitative estimate of drug-likeness (QED) is 0.509.